The number of ether oxygens (including phenoxy) is 1. The third-order valence-electron chi connectivity index (χ3n) is 3.71. The Morgan fingerprint density at radius 3 is 2.81 bits per heavy atom. The molecule has 1 aromatic heterocycles. The second-order valence-electron chi connectivity index (χ2n) is 5.57. The van der Waals surface area contributed by atoms with Gasteiger partial charge in [0, 0.05) is 30.6 Å². The first-order chi connectivity index (χ1) is 12.7. The molecule has 0 aliphatic rings. The predicted molar refractivity (Wildman–Crippen MR) is 106 cm³/mol. The van der Waals surface area contributed by atoms with Crippen LogP contribution in [0.2, 0.25) is 0 Å². The van der Waals surface area contributed by atoms with Gasteiger partial charge < -0.3 is 15.4 Å². The number of methoxy groups -OCH3 is 1. The molecule has 26 heavy (non-hydrogen) atoms. The molecule has 0 saturated heterocycles. The van der Waals surface area contributed by atoms with Crippen LogP contribution in [-0.2, 0) is 18.8 Å². The van der Waals surface area contributed by atoms with Crippen molar-refractivity contribution < 1.29 is 9.13 Å². The molecule has 1 heterocycles. The van der Waals surface area contributed by atoms with Crippen molar-refractivity contribution in [3.8, 4) is 5.88 Å². The molecule has 0 aliphatic carbocycles. The quantitative estimate of drug-likeness (QED) is 0.547. The van der Waals surface area contributed by atoms with Crippen LogP contribution in [0.15, 0.2) is 41.5 Å². The Kier molecular flexibility index (Phi) is 8.21. The maximum atomic E-state index is 13.5. The summed E-state index contributed by atoms with van der Waals surface area (Å²) in [7, 11) is 1.60. The second kappa shape index (κ2) is 10.7. The highest BCUT2D eigenvalue weighted by atomic mass is 32.2. The molecule has 2 aromatic rings. The Labute approximate surface area is 158 Å². The van der Waals surface area contributed by atoms with Crippen LogP contribution in [0.5, 0.6) is 5.88 Å². The van der Waals surface area contributed by atoms with E-state index in [2.05, 4.69) is 20.6 Å². The molecule has 7 heteroatoms. The van der Waals surface area contributed by atoms with Gasteiger partial charge in [0.25, 0.3) is 0 Å². The van der Waals surface area contributed by atoms with Crippen LogP contribution in [0.3, 0.4) is 0 Å². The number of rotatable bonds is 8. The van der Waals surface area contributed by atoms with Crippen LogP contribution in [-0.4, -0.2) is 30.9 Å². The third-order valence-corrected chi connectivity index (χ3v) is 4.31. The lowest BCUT2D eigenvalue weighted by Gasteiger charge is -2.14. The van der Waals surface area contributed by atoms with Crippen LogP contribution in [0, 0.1) is 5.82 Å². The van der Waals surface area contributed by atoms with Crippen molar-refractivity contribution in [2.24, 2.45) is 4.99 Å². The lowest BCUT2D eigenvalue weighted by atomic mass is 10.1. The summed E-state index contributed by atoms with van der Waals surface area (Å²) in [5.41, 5.74) is 2.97. The maximum absolute atomic E-state index is 13.5. The summed E-state index contributed by atoms with van der Waals surface area (Å²) >= 11 is 1.67. The Morgan fingerprint density at radius 1 is 1.23 bits per heavy atom. The van der Waals surface area contributed by atoms with E-state index in [1.807, 2.05) is 31.4 Å². The Hall–Kier alpha value is -2.28. The first kappa shape index (κ1) is 20.0. The molecule has 0 fully saturated rings. The van der Waals surface area contributed by atoms with E-state index in [1.54, 1.807) is 31.1 Å². The van der Waals surface area contributed by atoms with Gasteiger partial charge in [0.1, 0.15) is 5.82 Å². The maximum Gasteiger partial charge on any atom is 0.218 e. The van der Waals surface area contributed by atoms with Gasteiger partial charge in [-0.25, -0.2) is 14.4 Å². The summed E-state index contributed by atoms with van der Waals surface area (Å²) in [6.07, 6.45) is 3.70. The van der Waals surface area contributed by atoms with Crippen LogP contribution >= 0.6 is 11.8 Å². The summed E-state index contributed by atoms with van der Waals surface area (Å²) in [6.45, 7) is 3.79. The molecule has 2 N–H and O–H groups in total. The second-order valence-corrected chi connectivity index (χ2v) is 6.43. The fourth-order valence-corrected chi connectivity index (χ4v) is 3.05. The molecule has 5 nitrogen and oxygen atoms in total. The molecule has 0 amide bonds. The summed E-state index contributed by atoms with van der Waals surface area (Å²) in [5, 5.41) is 6.53. The lowest BCUT2D eigenvalue weighted by Crippen LogP contribution is -2.37. The van der Waals surface area contributed by atoms with Crippen molar-refractivity contribution >= 4 is 17.7 Å². The standard InChI is InChI=1S/C19H25FN4OS/c1-4-21-19(24-12-15-6-5-9-22-18(15)25-2)23-11-14-7-8-17(20)10-16(14)13-26-3/h5-10H,4,11-13H2,1-3H3,(H2,21,23,24). The highest BCUT2D eigenvalue weighted by Crippen LogP contribution is 2.17. The summed E-state index contributed by atoms with van der Waals surface area (Å²) < 4.78 is 18.7. The highest BCUT2D eigenvalue weighted by Gasteiger charge is 2.07. The topological polar surface area (TPSA) is 58.5 Å². The number of halogens is 1. The van der Waals surface area contributed by atoms with Crippen molar-refractivity contribution in [1.82, 2.24) is 15.6 Å². The van der Waals surface area contributed by atoms with Gasteiger partial charge >= 0.3 is 0 Å². The number of hydrogen-bond donors (Lipinski definition) is 2. The third kappa shape index (κ3) is 5.91. The molecule has 0 unspecified atom stereocenters. The molecule has 0 atom stereocenters. The number of pyridine rings is 1. The predicted octanol–water partition coefficient (Wildman–Crippen LogP) is 3.35. The Morgan fingerprint density at radius 2 is 2.08 bits per heavy atom. The molecule has 0 bridgehead atoms. The van der Waals surface area contributed by atoms with Crippen LogP contribution in [0.1, 0.15) is 23.6 Å². The van der Waals surface area contributed by atoms with Crippen LogP contribution in [0.4, 0.5) is 4.39 Å². The van der Waals surface area contributed by atoms with Crippen molar-refractivity contribution in [2.45, 2.75) is 25.8 Å². The molecule has 0 aliphatic heterocycles. The van der Waals surface area contributed by atoms with Crippen LogP contribution < -0.4 is 15.4 Å². The minimum absolute atomic E-state index is 0.206. The summed E-state index contributed by atoms with van der Waals surface area (Å²) in [4.78, 5) is 8.78. The molecule has 0 saturated carbocycles. The minimum Gasteiger partial charge on any atom is -0.481 e. The van der Waals surface area contributed by atoms with Crippen LogP contribution in [0.25, 0.3) is 0 Å². The molecule has 2 rings (SSSR count). The monoisotopic (exact) mass is 376 g/mol. The van der Waals surface area contributed by atoms with E-state index < -0.39 is 0 Å². The first-order valence-electron chi connectivity index (χ1n) is 8.44. The number of benzene rings is 1. The Balaban J connectivity index is 2.08. The fourth-order valence-electron chi connectivity index (χ4n) is 2.47. The van der Waals surface area contributed by atoms with E-state index in [4.69, 9.17) is 4.74 Å². The van der Waals surface area contributed by atoms with Gasteiger partial charge in [-0.3, -0.25) is 0 Å². The number of guanidine groups is 1. The Bertz CT molecular complexity index is 739. The number of nitrogens with one attached hydrogen (secondary N) is 2. The van der Waals surface area contributed by atoms with E-state index in [0.29, 0.717) is 24.9 Å². The van der Waals surface area contributed by atoms with Gasteiger partial charge in [-0.15, -0.1) is 0 Å². The van der Waals surface area contributed by atoms with Crippen molar-refractivity contribution in [1.29, 1.82) is 0 Å². The van der Waals surface area contributed by atoms with E-state index >= 15 is 0 Å². The van der Waals surface area contributed by atoms with Crippen molar-refractivity contribution in [3.05, 3.63) is 59.0 Å². The molecular weight excluding hydrogens is 351 g/mol. The summed E-state index contributed by atoms with van der Waals surface area (Å²) in [6, 6.07) is 8.71. The SMILES string of the molecule is CCNC(=NCc1cccnc1OC)NCc1ccc(F)cc1CSC. The van der Waals surface area contributed by atoms with Gasteiger partial charge in [-0.05, 0) is 42.5 Å². The normalized spacial score (nSPS) is 11.3. The minimum atomic E-state index is -0.206. The number of aromatic nitrogens is 1. The lowest BCUT2D eigenvalue weighted by molar-refractivity contribution is 0.392. The number of thioether (sulfide) groups is 1. The van der Waals surface area contributed by atoms with Gasteiger partial charge in [0.15, 0.2) is 5.96 Å². The van der Waals surface area contributed by atoms with Gasteiger partial charge in [0.2, 0.25) is 5.88 Å². The number of hydrogen-bond acceptors (Lipinski definition) is 4. The summed E-state index contributed by atoms with van der Waals surface area (Å²) in [5.74, 6) is 1.84. The average Bonchev–Trinajstić information content (AvgIpc) is 2.65. The molecule has 1 aromatic carbocycles. The largest absolute Gasteiger partial charge is 0.481 e. The highest BCUT2D eigenvalue weighted by molar-refractivity contribution is 7.97. The smallest absolute Gasteiger partial charge is 0.218 e. The molecular formula is C19H25FN4OS. The zero-order valence-electron chi connectivity index (χ0n) is 15.4. The number of aliphatic imine (C=N–C) groups is 1. The molecule has 0 spiro atoms. The van der Waals surface area contributed by atoms with Gasteiger partial charge in [0.05, 0.1) is 13.7 Å². The van der Waals surface area contributed by atoms with E-state index in [0.717, 1.165) is 29.0 Å². The van der Waals surface area contributed by atoms with E-state index in [1.165, 1.54) is 6.07 Å². The van der Waals surface area contributed by atoms with Gasteiger partial charge in [-0.1, -0.05) is 12.1 Å². The van der Waals surface area contributed by atoms with Crippen molar-refractivity contribution in [2.75, 3.05) is 19.9 Å². The molecule has 140 valence electrons. The fraction of sp³-hybridized carbons (Fsp3) is 0.368. The average molecular weight is 377 g/mol. The zero-order valence-corrected chi connectivity index (χ0v) is 16.2. The zero-order chi connectivity index (χ0) is 18.8. The van der Waals surface area contributed by atoms with E-state index in [-0.39, 0.29) is 5.82 Å². The van der Waals surface area contributed by atoms with E-state index in [9.17, 15) is 4.39 Å². The van der Waals surface area contributed by atoms with Crippen molar-refractivity contribution in [3.63, 3.8) is 0 Å². The number of nitrogens with zero attached hydrogens (tertiary/aromatic N) is 2. The van der Waals surface area contributed by atoms with Gasteiger partial charge in [-0.2, -0.15) is 11.8 Å². The first-order valence-corrected chi connectivity index (χ1v) is 9.83. The molecule has 0 radical (unpaired) electrons.